The molecule has 1 aromatic heterocycles. The summed E-state index contributed by atoms with van der Waals surface area (Å²) >= 11 is 1.54. The summed E-state index contributed by atoms with van der Waals surface area (Å²) in [5.74, 6) is 0.258. The van der Waals surface area contributed by atoms with E-state index in [-0.39, 0.29) is 30.7 Å². The molecule has 0 amide bonds. The lowest BCUT2D eigenvalue weighted by Crippen LogP contribution is -2.23. The van der Waals surface area contributed by atoms with Gasteiger partial charge in [-0.1, -0.05) is 24.8 Å². The maximum absolute atomic E-state index is 13.7. The van der Waals surface area contributed by atoms with Crippen LogP contribution in [0.25, 0.3) is 0 Å². The molecule has 1 aromatic carbocycles. The highest BCUT2D eigenvalue weighted by Crippen LogP contribution is 2.44. The van der Waals surface area contributed by atoms with Gasteiger partial charge in [-0.05, 0) is 49.8 Å². The predicted molar refractivity (Wildman–Crippen MR) is 132 cm³/mol. The van der Waals surface area contributed by atoms with Crippen LogP contribution in [0.2, 0.25) is 0 Å². The number of aromatic nitrogens is 2. The van der Waals surface area contributed by atoms with E-state index in [9.17, 15) is 13.2 Å². The Morgan fingerprint density at radius 3 is 2.66 bits per heavy atom. The molecule has 1 unspecified atom stereocenters. The summed E-state index contributed by atoms with van der Waals surface area (Å²) < 4.78 is 45.8. The summed E-state index contributed by atoms with van der Waals surface area (Å²) in [6.07, 6.45) is 2.56. The Bertz CT molecular complexity index is 1020. The molecule has 0 bridgehead atoms. The van der Waals surface area contributed by atoms with Crippen LogP contribution in [-0.2, 0) is 4.74 Å². The first-order valence-electron chi connectivity index (χ1n) is 12.0. The van der Waals surface area contributed by atoms with Gasteiger partial charge < -0.3 is 26.2 Å². The molecule has 7 nitrogen and oxygen atoms in total. The molecule has 0 saturated heterocycles. The van der Waals surface area contributed by atoms with Gasteiger partial charge in [0, 0.05) is 23.8 Å². The van der Waals surface area contributed by atoms with Gasteiger partial charge in [-0.2, -0.15) is 0 Å². The van der Waals surface area contributed by atoms with Crippen molar-refractivity contribution in [3.8, 4) is 0 Å². The molecule has 2 fully saturated rings. The average molecular weight is 512 g/mol. The molecule has 2 saturated carbocycles. The highest BCUT2D eigenvalue weighted by atomic mass is 32.2. The smallest absolute Gasteiger partial charge is 0.191 e. The van der Waals surface area contributed by atoms with Crippen molar-refractivity contribution in [3.63, 3.8) is 0 Å². The largest absolute Gasteiger partial charge is 0.393 e. The van der Waals surface area contributed by atoms with Crippen molar-refractivity contribution in [2.75, 3.05) is 35.3 Å². The zero-order valence-corrected chi connectivity index (χ0v) is 20.5. The molecule has 11 heteroatoms. The van der Waals surface area contributed by atoms with Crippen molar-refractivity contribution in [1.29, 1.82) is 0 Å². The minimum Gasteiger partial charge on any atom is -0.393 e. The second kappa shape index (κ2) is 11.7. The van der Waals surface area contributed by atoms with Crippen molar-refractivity contribution in [1.82, 2.24) is 9.97 Å². The van der Waals surface area contributed by atoms with Gasteiger partial charge in [-0.15, -0.1) is 0 Å². The third-order valence-corrected chi connectivity index (χ3v) is 7.33. The number of alkyl halides is 1. The quantitative estimate of drug-likeness (QED) is 0.244. The number of rotatable bonds is 12. The van der Waals surface area contributed by atoms with Crippen LogP contribution >= 0.6 is 11.8 Å². The van der Waals surface area contributed by atoms with E-state index in [0.717, 1.165) is 43.1 Å². The summed E-state index contributed by atoms with van der Waals surface area (Å²) in [7, 11) is 0. The van der Waals surface area contributed by atoms with E-state index in [1.165, 1.54) is 17.8 Å². The first kappa shape index (κ1) is 25.8. The summed E-state index contributed by atoms with van der Waals surface area (Å²) in [5, 5.41) is 16.2. The third-order valence-electron chi connectivity index (χ3n) is 6.28. The van der Waals surface area contributed by atoms with Crippen LogP contribution in [0.4, 0.5) is 30.5 Å². The molecule has 0 radical (unpaired) electrons. The Balaban J connectivity index is 1.43. The Hall–Kier alpha value is -2.24. The average Bonchev–Trinajstić information content (AvgIpc) is 3.47. The van der Waals surface area contributed by atoms with Crippen LogP contribution in [0.1, 0.15) is 50.5 Å². The summed E-state index contributed by atoms with van der Waals surface area (Å²) in [4.78, 5) is 9.23. The molecule has 2 aliphatic carbocycles. The number of aliphatic hydroxyl groups is 1. The summed E-state index contributed by atoms with van der Waals surface area (Å²) in [5.41, 5.74) is 7.57. The number of aliphatic hydroxyl groups excluding tert-OH is 1. The fourth-order valence-corrected chi connectivity index (χ4v) is 4.98. The van der Waals surface area contributed by atoms with Crippen LogP contribution in [0.15, 0.2) is 23.4 Å². The molecule has 192 valence electrons. The maximum Gasteiger partial charge on any atom is 0.191 e. The van der Waals surface area contributed by atoms with Gasteiger partial charge >= 0.3 is 0 Å². The SMILES string of the molecule is CCCSc1nc(N[C@H]2CC[C@@H](OCC(F)CO)C2)c(N)c(N[C@@H]2C[C@H]2c2ccc(F)c(F)c2)n1. The molecule has 4 rings (SSSR count). The van der Waals surface area contributed by atoms with E-state index in [4.69, 9.17) is 15.6 Å². The highest BCUT2D eigenvalue weighted by molar-refractivity contribution is 7.99. The third kappa shape index (κ3) is 6.71. The van der Waals surface area contributed by atoms with Crippen molar-refractivity contribution in [3.05, 3.63) is 35.4 Å². The molecular formula is C24H32F3N5O2S. The van der Waals surface area contributed by atoms with Gasteiger partial charge in [-0.25, -0.2) is 23.1 Å². The number of hydrogen-bond donors (Lipinski definition) is 4. The van der Waals surface area contributed by atoms with E-state index in [1.54, 1.807) is 6.07 Å². The van der Waals surface area contributed by atoms with Crippen molar-refractivity contribution >= 4 is 29.1 Å². The van der Waals surface area contributed by atoms with E-state index in [0.29, 0.717) is 28.9 Å². The zero-order valence-electron chi connectivity index (χ0n) is 19.6. The van der Waals surface area contributed by atoms with Gasteiger partial charge in [0.05, 0.1) is 19.3 Å². The zero-order chi connectivity index (χ0) is 24.9. The topological polar surface area (TPSA) is 105 Å². The van der Waals surface area contributed by atoms with Gasteiger partial charge in [0.25, 0.3) is 0 Å². The maximum atomic E-state index is 13.7. The van der Waals surface area contributed by atoms with Crippen molar-refractivity contribution < 1.29 is 23.0 Å². The Morgan fingerprint density at radius 2 is 1.94 bits per heavy atom. The van der Waals surface area contributed by atoms with Crippen molar-refractivity contribution in [2.24, 2.45) is 0 Å². The second-order valence-corrected chi connectivity index (χ2v) is 10.2. The van der Waals surface area contributed by atoms with Crippen LogP contribution in [0, 0.1) is 11.6 Å². The molecule has 35 heavy (non-hydrogen) atoms. The Labute approximate surface area is 207 Å². The molecule has 0 aliphatic heterocycles. The molecule has 1 heterocycles. The van der Waals surface area contributed by atoms with E-state index >= 15 is 0 Å². The van der Waals surface area contributed by atoms with E-state index in [2.05, 4.69) is 27.5 Å². The lowest BCUT2D eigenvalue weighted by atomic mass is 10.1. The molecule has 2 aliphatic rings. The molecule has 5 atom stereocenters. The van der Waals surface area contributed by atoms with Crippen molar-refractivity contribution in [2.45, 2.75) is 74.5 Å². The summed E-state index contributed by atoms with van der Waals surface area (Å²) in [6.45, 7) is 1.42. The lowest BCUT2D eigenvalue weighted by molar-refractivity contribution is 0.00628. The number of anilines is 3. The van der Waals surface area contributed by atoms with Crippen LogP contribution in [0.5, 0.6) is 0 Å². The number of hydrogen-bond acceptors (Lipinski definition) is 8. The van der Waals surface area contributed by atoms with E-state index < -0.39 is 24.4 Å². The predicted octanol–water partition coefficient (Wildman–Crippen LogP) is 4.49. The molecule has 2 aromatic rings. The van der Waals surface area contributed by atoms with Gasteiger partial charge in [0.1, 0.15) is 11.9 Å². The summed E-state index contributed by atoms with van der Waals surface area (Å²) in [6, 6.07) is 4.07. The molecule has 0 spiro atoms. The Morgan fingerprint density at radius 1 is 1.17 bits per heavy atom. The fraction of sp³-hybridized carbons (Fsp3) is 0.583. The number of thioether (sulfide) groups is 1. The first-order valence-corrected chi connectivity index (χ1v) is 13.0. The van der Waals surface area contributed by atoms with Gasteiger partial charge in [0.2, 0.25) is 0 Å². The van der Waals surface area contributed by atoms with Gasteiger partial charge in [0.15, 0.2) is 28.4 Å². The van der Waals surface area contributed by atoms with Crippen LogP contribution in [-0.4, -0.2) is 58.4 Å². The number of benzene rings is 1. The second-order valence-electron chi connectivity index (χ2n) is 9.12. The number of ether oxygens (including phenoxy) is 1. The highest BCUT2D eigenvalue weighted by Gasteiger charge is 2.39. The van der Waals surface area contributed by atoms with Crippen LogP contribution < -0.4 is 16.4 Å². The standard InChI is InChI=1S/C24H32F3N5O2S/c1-2-7-35-24-31-22(29-15-4-5-16(9-15)34-12-14(25)11-33)21(28)23(32-24)30-20-10-17(20)13-3-6-18(26)19(27)8-13/h3,6,8,14-17,20,33H,2,4-5,7,9-12,28H2,1H3,(H2,29,30,31,32)/t14?,15-,16+,17-,20+/m0/s1. The Kier molecular flexibility index (Phi) is 8.61. The number of nitrogen functional groups attached to an aromatic ring is 1. The number of nitrogens with zero attached hydrogens (tertiary/aromatic N) is 2. The number of nitrogens with one attached hydrogen (secondary N) is 2. The van der Waals surface area contributed by atoms with Gasteiger partial charge in [-0.3, -0.25) is 0 Å². The minimum absolute atomic E-state index is 0.0124. The molecule has 5 N–H and O–H groups in total. The first-order chi connectivity index (χ1) is 16.9. The lowest BCUT2D eigenvalue weighted by Gasteiger charge is -2.19. The number of halogens is 3. The van der Waals surface area contributed by atoms with Crippen LogP contribution in [0.3, 0.4) is 0 Å². The minimum atomic E-state index is -1.37. The molecular weight excluding hydrogens is 479 g/mol. The normalized spacial score (nSPS) is 24.4. The van der Waals surface area contributed by atoms with E-state index in [1.807, 2.05) is 0 Å². The number of nitrogens with two attached hydrogens (primary N) is 1. The monoisotopic (exact) mass is 511 g/mol. The fourth-order valence-electron chi connectivity index (χ4n) is 4.28.